The Bertz CT molecular complexity index is 548. The highest BCUT2D eigenvalue weighted by molar-refractivity contribution is 6.32. The third-order valence-electron chi connectivity index (χ3n) is 2.11. The molecule has 90 valence electrons. The summed E-state index contributed by atoms with van der Waals surface area (Å²) in [5.74, 6) is -0.120. The molecule has 1 aromatic carbocycles. The van der Waals surface area contributed by atoms with E-state index in [0.29, 0.717) is 5.69 Å². The maximum Gasteiger partial charge on any atom is 0.435 e. The smallest absolute Gasteiger partial charge is 0.384 e. The van der Waals surface area contributed by atoms with Gasteiger partial charge < -0.3 is 5.73 Å². The number of rotatable bonds is 1. The van der Waals surface area contributed by atoms with Gasteiger partial charge in [-0.1, -0.05) is 23.7 Å². The Morgan fingerprint density at radius 1 is 1.24 bits per heavy atom. The predicted molar refractivity (Wildman–Crippen MR) is 58.0 cm³/mol. The highest BCUT2D eigenvalue weighted by Gasteiger charge is 2.34. The number of hydrogen-bond donors (Lipinski definition) is 1. The second-order valence-corrected chi connectivity index (χ2v) is 3.72. The molecule has 0 atom stereocenters. The molecule has 0 radical (unpaired) electrons. The maximum atomic E-state index is 12.4. The van der Waals surface area contributed by atoms with Gasteiger partial charge in [0.05, 0.1) is 10.7 Å². The van der Waals surface area contributed by atoms with Crippen molar-refractivity contribution in [2.75, 3.05) is 5.73 Å². The Hall–Kier alpha value is -1.69. The van der Waals surface area contributed by atoms with Crippen LogP contribution in [-0.4, -0.2) is 9.78 Å². The fraction of sp³-hybridized carbons (Fsp3) is 0.100. The van der Waals surface area contributed by atoms with Crippen LogP contribution in [0.5, 0.6) is 0 Å². The number of nitrogens with two attached hydrogens (primary N) is 1. The topological polar surface area (TPSA) is 43.8 Å². The third kappa shape index (κ3) is 2.21. The SMILES string of the molecule is Nc1cc(C(F)(F)F)nn1-c1ccccc1Cl. The largest absolute Gasteiger partial charge is 0.435 e. The minimum atomic E-state index is -4.53. The lowest BCUT2D eigenvalue weighted by Crippen LogP contribution is -2.07. The maximum absolute atomic E-state index is 12.4. The Morgan fingerprint density at radius 2 is 1.88 bits per heavy atom. The molecule has 0 fully saturated rings. The van der Waals surface area contributed by atoms with Gasteiger partial charge in [0.1, 0.15) is 5.82 Å². The number of hydrogen-bond acceptors (Lipinski definition) is 2. The van der Waals surface area contributed by atoms with Gasteiger partial charge in [-0.2, -0.15) is 18.3 Å². The summed E-state index contributed by atoms with van der Waals surface area (Å²) in [5, 5.41) is 3.67. The van der Waals surface area contributed by atoms with Crippen molar-refractivity contribution in [1.29, 1.82) is 0 Å². The molecular weight excluding hydrogens is 255 g/mol. The van der Waals surface area contributed by atoms with E-state index in [1.54, 1.807) is 18.2 Å². The summed E-state index contributed by atoms with van der Waals surface area (Å²) in [6.07, 6.45) is -4.53. The van der Waals surface area contributed by atoms with Gasteiger partial charge in [0.2, 0.25) is 0 Å². The molecule has 0 aliphatic carbocycles. The number of nitrogens with zero attached hydrogens (tertiary/aromatic N) is 2. The predicted octanol–water partition coefficient (Wildman–Crippen LogP) is 3.13. The van der Waals surface area contributed by atoms with Crippen LogP contribution >= 0.6 is 11.6 Å². The first-order valence-corrected chi connectivity index (χ1v) is 4.95. The van der Waals surface area contributed by atoms with E-state index >= 15 is 0 Å². The van der Waals surface area contributed by atoms with Crippen LogP contribution in [0.15, 0.2) is 30.3 Å². The molecule has 1 heterocycles. The zero-order chi connectivity index (χ0) is 12.6. The van der Waals surface area contributed by atoms with Gasteiger partial charge in [0.25, 0.3) is 0 Å². The number of para-hydroxylation sites is 1. The molecule has 2 aromatic rings. The van der Waals surface area contributed by atoms with Crippen LogP contribution in [0.1, 0.15) is 5.69 Å². The number of nitrogen functional groups attached to an aromatic ring is 1. The highest BCUT2D eigenvalue weighted by Crippen LogP contribution is 2.31. The van der Waals surface area contributed by atoms with Crippen LogP contribution in [0.3, 0.4) is 0 Å². The van der Waals surface area contributed by atoms with Gasteiger partial charge >= 0.3 is 6.18 Å². The first kappa shape index (κ1) is 11.8. The average Bonchev–Trinajstić information content (AvgIpc) is 2.61. The monoisotopic (exact) mass is 261 g/mol. The van der Waals surface area contributed by atoms with E-state index in [-0.39, 0.29) is 10.8 Å². The lowest BCUT2D eigenvalue weighted by molar-refractivity contribution is -0.141. The van der Waals surface area contributed by atoms with Crippen molar-refractivity contribution in [2.24, 2.45) is 0 Å². The molecular formula is C10H7ClF3N3. The minimum Gasteiger partial charge on any atom is -0.384 e. The van der Waals surface area contributed by atoms with Gasteiger partial charge in [0, 0.05) is 6.07 Å². The molecule has 1 aromatic heterocycles. The van der Waals surface area contributed by atoms with E-state index in [2.05, 4.69) is 5.10 Å². The molecule has 0 bridgehead atoms. The van der Waals surface area contributed by atoms with Gasteiger partial charge in [-0.15, -0.1) is 0 Å². The van der Waals surface area contributed by atoms with Gasteiger partial charge in [-0.3, -0.25) is 0 Å². The zero-order valence-electron chi connectivity index (χ0n) is 8.37. The van der Waals surface area contributed by atoms with Crippen LogP contribution in [0, 0.1) is 0 Å². The summed E-state index contributed by atoms with van der Waals surface area (Å²) < 4.78 is 38.3. The van der Waals surface area contributed by atoms with E-state index in [1.807, 2.05) is 0 Å². The summed E-state index contributed by atoms with van der Waals surface area (Å²) in [5.41, 5.74) is 4.74. The number of anilines is 1. The minimum absolute atomic E-state index is 0.120. The third-order valence-corrected chi connectivity index (χ3v) is 2.43. The first-order chi connectivity index (χ1) is 7.89. The first-order valence-electron chi connectivity index (χ1n) is 4.57. The summed E-state index contributed by atoms with van der Waals surface area (Å²) in [6.45, 7) is 0. The molecule has 0 saturated heterocycles. The number of halogens is 4. The fourth-order valence-electron chi connectivity index (χ4n) is 1.35. The Morgan fingerprint density at radius 3 is 2.41 bits per heavy atom. The van der Waals surface area contributed by atoms with E-state index in [1.165, 1.54) is 6.07 Å². The highest BCUT2D eigenvalue weighted by atomic mass is 35.5. The van der Waals surface area contributed by atoms with Crippen LogP contribution < -0.4 is 5.73 Å². The average molecular weight is 262 g/mol. The van der Waals surface area contributed by atoms with E-state index in [4.69, 9.17) is 17.3 Å². The second-order valence-electron chi connectivity index (χ2n) is 3.32. The van der Waals surface area contributed by atoms with Gasteiger partial charge in [-0.05, 0) is 12.1 Å². The standard InChI is InChI=1S/C10H7ClF3N3/c11-6-3-1-2-4-7(6)17-9(15)5-8(16-17)10(12,13)14/h1-5H,15H2. The van der Waals surface area contributed by atoms with Gasteiger partial charge in [-0.25, -0.2) is 4.68 Å². The van der Waals surface area contributed by atoms with E-state index in [0.717, 1.165) is 10.7 Å². The molecule has 3 nitrogen and oxygen atoms in total. The van der Waals surface area contributed by atoms with Crippen molar-refractivity contribution < 1.29 is 13.2 Å². The normalized spacial score (nSPS) is 11.8. The molecule has 0 spiro atoms. The lowest BCUT2D eigenvalue weighted by Gasteiger charge is -2.05. The second kappa shape index (κ2) is 3.96. The summed E-state index contributed by atoms with van der Waals surface area (Å²) in [4.78, 5) is 0. The molecule has 0 aliphatic rings. The van der Waals surface area contributed by atoms with Crippen LogP contribution in [-0.2, 0) is 6.18 Å². The molecule has 0 unspecified atom stereocenters. The lowest BCUT2D eigenvalue weighted by atomic mass is 10.3. The van der Waals surface area contributed by atoms with Crippen molar-refractivity contribution in [3.05, 3.63) is 41.0 Å². The van der Waals surface area contributed by atoms with E-state index < -0.39 is 11.9 Å². The summed E-state index contributed by atoms with van der Waals surface area (Å²) >= 11 is 5.86. The summed E-state index contributed by atoms with van der Waals surface area (Å²) in [6, 6.07) is 7.15. The molecule has 0 aliphatic heterocycles. The fourth-order valence-corrected chi connectivity index (χ4v) is 1.57. The van der Waals surface area contributed by atoms with Gasteiger partial charge in [0.15, 0.2) is 5.69 Å². The molecule has 2 N–H and O–H groups in total. The van der Waals surface area contributed by atoms with Crippen molar-refractivity contribution >= 4 is 17.4 Å². The molecule has 0 amide bonds. The van der Waals surface area contributed by atoms with Crippen LogP contribution in [0.4, 0.5) is 19.0 Å². The number of aromatic nitrogens is 2. The Kier molecular flexibility index (Phi) is 2.74. The number of alkyl halides is 3. The quantitative estimate of drug-likeness (QED) is 0.857. The van der Waals surface area contributed by atoms with Crippen molar-refractivity contribution in [3.63, 3.8) is 0 Å². The molecule has 17 heavy (non-hydrogen) atoms. The van der Waals surface area contributed by atoms with Crippen molar-refractivity contribution in [1.82, 2.24) is 9.78 Å². The van der Waals surface area contributed by atoms with Crippen LogP contribution in [0.2, 0.25) is 5.02 Å². The summed E-state index contributed by atoms with van der Waals surface area (Å²) in [7, 11) is 0. The number of benzene rings is 1. The molecule has 7 heteroatoms. The Labute approximate surface area is 99.6 Å². The zero-order valence-corrected chi connectivity index (χ0v) is 9.13. The van der Waals surface area contributed by atoms with Crippen molar-refractivity contribution in [3.8, 4) is 5.69 Å². The molecule has 2 rings (SSSR count). The van der Waals surface area contributed by atoms with Crippen LogP contribution in [0.25, 0.3) is 5.69 Å². The van der Waals surface area contributed by atoms with Crippen molar-refractivity contribution in [2.45, 2.75) is 6.18 Å². The van der Waals surface area contributed by atoms with E-state index in [9.17, 15) is 13.2 Å². The molecule has 0 saturated carbocycles. The Balaban J connectivity index is 2.55.